The van der Waals surface area contributed by atoms with Gasteiger partial charge < -0.3 is 10.6 Å². The van der Waals surface area contributed by atoms with E-state index in [-0.39, 0.29) is 11.9 Å². The molecule has 0 aliphatic rings. The van der Waals surface area contributed by atoms with Crippen LogP contribution in [0.15, 0.2) is 48.7 Å². The highest BCUT2D eigenvalue weighted by Crippen LogP contribution is 2.07. The second kappa shape index (κ2) is 7.55. The minimum atomic E-state index is -0.281. The first-order valence-corrected chi connectivity index (χ1v) is 7.22. The number of rotatable bonds is 6. The molecule has 1 unspecified atom stereocenters. The van der Waals surface area contributed by atoms with Gasteiger partial charge in [-0.2, -0.15) is 0 Å². The number of amides is 1. The molecule has 2 aromatic rings. The molecule has 1 amide bonds. The molecule has 1 heterocycles. The van der Waals surface area contributed by atoms with E-state index in [9.17, 15) is 4.79 Å². The Morgan fingerprint density at radius 3 is 2.67 bits per heavy atom. The van der Waals surface area contributed by atoms with Gasteiger partial charge in [0.15, 0.2) is 0 Å². The fourth-order valence-electron chi connectivity index (χ4n) is 2.07. The number of pyridine rings is 1. The van der Waals surface area contributed by atoms with E-state index in [2.05, 4.69) is 28.6 Å². The van der Waals surface area contributed by atoms with E-state index in [1.165, 1.54) is 5.56 Å². The fraction of sp³-hybridized carbons (Fsp3) is 0.294. The van der Waals surface area contributed by atoms with Gasteiger partial charge in [0, 0.05) is 18.4 Å². The van der Waals surface area contributed by atoms with E-state index in [4.69, 9.17) is 0 Å². The number of benzene rings is 1. The zero-order chi connectivity index (χ0) is 15.1. The summed E-state index contributed by atoms with van der Waals surface area (Å²) < 4.78 is 0. The predicted octanol–water partition coefficient (Wildman–Crippen LogP) is 2.76. The van der Waals surface area contributed by atoms with Crippen molar-refractivity contribution >= 4 is 11.6 Å². The molecule has 0 bridgehead atoms. The van der Waals surface area contributed by atoms with E-state index in [0.717, 1.165) is 17.8 Å². The van der Waals surface area contributed by atoms with E-state index in [1.54, 1.807) is 6.20 Å². The first kappa shape index (κ1) is 15.2. The lowest BCUT2D eigenvalue weighted by Gasteiger charge is -2.15. The molecular formula is C17H21N3O. The quantitative estimate of drug-likeness (QED) is 0.857. The molecule has 0 fully saturated rings. The van der Waals surface area contributed by atoms with Crippen LogP contribution in [0.25, 0.3) is 0 Å². The summed E-state index contributed by atoms with van der Waals surface area (Å²) in [5.74, 6) is -0.0461. The lowest BCUT2D eigenvalue weighted by Crippen LogP contribution is -2.38. The maximum absolute atomic E-state index is 12.1. The van der Waals surface area contributed by atoms with E-state index < -0.39 is 0 Å². The van der Waals surface area contributed by atoms with Gasteiger partial charge in [-0.3, -0.25) is 9.78 Å². The highest BCUT2D eigenvalue weighted by atomic mass is 16.2. The number of anilines is 1. The molecule has 2 rings (SSSR count). The molecule has 1 aromatic heterocycles. The molecule has 0 saturated carbocycles. The van der Waals surface area contributed by atoms with Gasteiger partial charge in [0.2, 0.25) is 5.91 Å². The summed E-state index contributed by atoms with van der Waals surface area (Å²) in [6, 6.07) is 13.2. The Kier molecular flexibility index (Phi) is 5.46. The number of para-hydroxylation sites is 1. The van der Waals surface area contributed by atoms with Gasteiger partial charge in [-0.1, -0.05) is 31.2 Å². The zero-order valence-corrected chi connectivity index (χ0v) is 12.5. The molecule has 0 aliphatic heterocycles. The molecule has 4 heteroatoms. The second-order valence-corrected chi connectivity index (χ2v) is 4.92. The van der Waals surface area contributed by atoms with E-state index in [1.807, 2.05) is 43.3 Å². The molecule has 1 aromatic carbocycles. The lowest BCUT2D eigenvalue weighted by atomic mass is 10.1. The zero-order valence-electron chi connectivity index (χ0n) is 12.5. The van der Waals surface area contributed by atoms with Crippen LogP contribution in [0, 0.1) is 0 Å². The van der Waals surface area contributed by atoms with Gasteiger partial charge in [0.1, 0.15) is 0 Å². The minimum Gasteiger partial charge on any atom is -0.325 e. The third-order valence-electron chi connectivity index (χ3n) is 3.38. The Bertz CT molecular complexity index is 584. The second-order valence-electron chi connectivity index (χ2n) is 4.92. The van der Waals surface area contributed by atoms with Crippen LogP contribution in [0.4, 0.5) is 5.69 Å². The van der Waals surface area contributed by atoms with Gasteiger partial charge in [-0.25, -0.2) is 0 Å². The topological polar surface area (TPSA) is 54.0 Å². The van der Waals surface area contributed by atoms with Crippen LogP contribution < -0.4 is 10.6 Å². The number of carbonyl (C=O) groups is 1. The van der Waals surface area contributed by atoms with Crippen molar-refractivity contribution in [1.82, 2.24) is 10.3 Å². The fourth-order valence-corrected chi connectivity index (χ4v) is 2.07. The highest BCUT2D eigenvalue weighted by molar-refractivity contribution is 5.94. The number of hydrogen-bond acceptors (Lipinski definition) is 3. The van der Waals surface area contributed by atoms with Gasteiger partial charge in [-0.15, -0.1) is 0 Å². The molecule has 0 saturated heterocycles. The van der Waals surface area contributed by atoms with Crippen molar-refractivity contribution in [2.75, 3.05) is 5.32 Å². The summed E-state index contributed by atoms with van der Waals surface area (Å²) in [6.07, 6.45) is 2.72. The number of aryl methyl sites for hydroxylation is 1. The van der Waals surface area contributed by atoms with Crippen molar-refractivity contribution in [3.05, 3.63) is 59.9 Å². The SMILES string of the molecule is CCc1cccnc1CNC(C)C(=O)Nc1ccccc1. The molecule has 4 nitrogen and oxygen atoms in total. The van der Waals surface area contributed by atoms with Crippen molar-refractivity contribution in [3.8, 4) is 0 Å². The standard InChI is InChI=1S/C17H21N3O/c1-3-14-8-7-11-18-16(14)12-19-13(2)17(21)20-15-9-5-4-6-10-15/h4-11,13,19H,3,12H2,1-2H3,(H,20,21). The third-order valence-corrected chi connectivity index (χ3v) is 3.38. The van der Waals surface area contributed by atoms with Crippen LogP contribution in [0.1, 0.15) is 25.1 Å². The van der Waals surface area contributed by atoms with Crippen LogP contribution in [0.3, 0.4) is 0 Å². The number of nitrogens with one attached hydrogen (secondary N) is 2. The van der Waals surface area contributed by atoms with Crippen LogP contribution in [-0.4, -0.2) is 16.9 Å². The van der Waals surface area contributed by atoms with Gasteiger partial charge in [0.05, 0.1) is 11.7 Å². The normalized spacial score (nSPS) is 11.9. The van der Waals surface area contributed by atoms with Crippen LogP contribution in [-0.2, 0) is 17.8 Å². The Morgan fingerprint density at radius 2 is 1.95 bits per heavy atom. The van der Waals surface area contributed by atoms with Crippen molar-refractivity contribution in [1.29, 1.82) is 0 Å². The number of carbonyl (C=O) groups excluding carboxylic acids is 1. The monoisotopic (exact) mass is 283 g/mol. The summed E-state index contributed by atoms with van der Waals surface area (Å²) >= 11 is 0. The highest BCUT2D eigenvalue weighted by Gasteiger charge is 2.13. The smallest absolute Gasteiger partial charge is 0.241 e. The van der Waals surface area contributed by atoms with Gasteiger partial charge in [-0.05, 0) is 37.1 Å². The summed E-state index contributed by atoms with van der Waals surface area (Å²) in [5.41, 5.74) is 3.02. The summed E-state index contributed by atoms with van der Waals surface area (Å²) in [5, 5.41) is 6.10. The number of aromatic nitrogens is 1. The Labute approximate surface area is 125 Å². The molecule has 2 N–H and O–H groups in total. The lowest BCUT2D eigenvalue weighted by molar-refractivity contribution is -0.117. The Morgan fingerprint density at radius 1 is 1.19 bits per heavy atom. The molecule has 0 radical (unpaired) electrons. The van der Waals surface area contributed by atoms with Crippen molar-refractivity contribution in [3.63, 3.8) is 0 Å². The molecule has 0 aliphatic carbocycles. The third kappa shape index (κ3) is 4.39. The maximum Gasteiger partial charge on any atom is 0.241 e. The van der Waals surface area contributed by atoms with Crippen molar-refractivity contribution < 1.29 is 4.79 Å². The largest absolute Gasteiger partial charge is 0.325 e. The van der Waals surface area contributed by atoms with Crippen LogP contribution >= 0.6 is 0 Å². The first-order valence-electron chi connectivity index (χ1n) is 7.22. The number of nitrogens with zero attached hydrogens (tertiary/aromatic N) is 1. The van der Waals surface area contributed by atoms with Crippen LogP contribution in [0.2, 0.25) is 0 Å². The molecule has 1 atom stereocenters. The average molecular weight is 283 g/mol. The van der Waals surface area contributed by atoms with Crippen LogP contribution in [0.5, 0.6) is 0 Å². The minimum absolute atomic E-state index is 0.0461. The Balaban J connectivity index is 1.89. The maximum atomic E-state index is 12.1. The van der Waals surface area contributed by atoms with E-state index in [0.29, 0.717) is 6.54 Å². The van der Waals surface area contributed by atoms with Gasteiger partial charge >= 0.3 is 0 Å². The molecule has 0 spiro atoms. The molecule has 21 heavy (non-hydrogen) atoms. The van der Waals surface area contributed by atoms with Crippen molar-refractivity contribution in [2.45, 2.75) is 32.9 Å². The summed E-state index contributed by atoms with van der Waals surface area (Å²) in [4.78, 5) is 16.5. The predicted molar refractivity (Wildman–Crippen MR) is 85.0 cm³/mol. The summed E-state index contributed by atoms with van der Waals surface area (Å²) in [6.45, 7) is 4.55. The van der Waals surface area contributed by atoms with E-state index >= 15 is 0 Å². The Hall–Kier alpha value is -2.20. The van der Waals surface area contributed by atoms with Gasteiger partial charge in [0.25, 0.3) is 0 Å². The molecule has 110 valence electrons. The molecular weight excluding hydrogens is 262 g/mol. The number of hydrogen-bond donors (Lipinski definition) is 2. The first-order chi connectivity index (χ1) is 10.2. The summed E-state index contributed by atoms with van der Waals surface area (Å²) in [7, 11) is 0. The average Bonchev–Trinajstić information content (AvgIpc) is 2.53. The van der Waals surface area contributed by atoms with Crippen molar-refractivity contribution in [2.24, 2.45) is 0 Å².